The van der Waals surface area contributed by atoms with E-state index >= 15 is 0 Å². The summed E-state index contributed by atoms with van der Waals surface area (Å²) >= 11 is 3.38. The van der Waals surface area contributed by atoms with Gasteiger partial charge in [0, 0.05) is 10.0 Å². The Morgan fingerprint density at radius 3 is 2.50 bits per heavy atom. The zero-order valence-corrected chi connectivity index (χ0v) is 17.3. The molecule has 2 aromatic carbocycles. The first-order valence-corrected chi connectivity index (χ1v) is 9.85. The van der Waals surface area contributed by atoms with Crippen LogP contribution in [-0.2, 0) is 17.8 Å². The highest BCUT2D eigenvalue weighted by Crippen LogP contribution is 2.19. The number of hydrogen-bond acceptors (Lipinski definition) is 5. The zero-order chi connectivity index (χ0) is 21.5. The van der Waals surface area contributed by atoms with Crippen LogP contribution >= 0.6 is 15.9 Å². The van der Waals surface area contributed by atoms with Crippen LogP contribution in [0.3, 0.4) is 0 Å². The molecule has 1 aromatic heterocycles. The molecule has 0 radical (unpaired) electrons. The predicted molar refractivity (Wildman–Crippen MR) is 109 cm³/mol. The van der Waals surface area contributed by atoms with E-state index in [-0.39, 0.29) is 24.9 Å². The van der Waals surface area contributed by atoms with Crippen LogP contribution in [0, 0.1) is 5.82 Å². The number of nitrogens with zero attached hydrogens (tertiary/aromatic N) is 3. The van der Waals surface area contributed by atoms with E-state index in [2.05, 4.69) is 31.6 Å². The quantitative estimate of drug-likeness (QED) is 0.342. The van der Waals surface area contributed by atoms with Gasteiger partial charge in [-0.15, -0.1) is 5.10 Å². The number of aromatic nitrogens is 3. The molecule has 3 aromatic rings. The SMILES string of the molecule is O=C(CC(Cc1ccc(Br)cc1)n1cc(CNC(=O)c2ccc(F)cc2)nn1)NO. The number of hydrogen-bond donors (Lipinski definition) is 3. The number of carbonyl (C=O) groups is 2. The molecule has 8 nitrogen and oxygen atoms in total. The number of rotatable bonds is 8. The van der Waals surface area contributed by atoms with Crippen molar-refractivity contribution in [2.75, 3.05) is 0 Å². The molecule has 0 aliphatic rings. The summed E-state index contributed by atoms with van der Waals surface area (Å²) < 4.78 is 15.5. The number of amides is 2. The van der Waals surface area contributed by atoms with Crippen molar-refractivity contribution in [1.82, 2.24) is 25.8 Å². The van der Waals surface area contributed by atoms with E-state index in [1.165, 1.54) is 28.9 Å². The highest BCUT2D eigenvalue weighted by atomic mass is 79.9. The molecule has 10 heteroatoms. The molecule has 0 bridgehead atoms. The average molecular weight is 476 g/mol. The fourth-order valence-corrected chi connectivity index (χ4v) is 3.12. The molecule has 0 aliphatic heterocycles. The number of hydroxylamine groups is 1. The van der Waals surface area contributed by atoms with Gasteiger partial charge in [0.15, 0.2) is 0 Å². The number of carbonyl (C=O) groups excluding carboxylic acids is 2. The van der Waals surface area contributed by atoms with Crippen LogP contribution in [0.5, 0.6) is 0 Å². The third-order valence-corrected chi connectivity index (χ3v) is 4.93. The van der Waals surface area contributed by atoms with Crippen molar-refractivity contribution >= 4 is 27.7 Å². The second-order valence-corrected chi connectivity index (χ2v) is 7.52. The zero-order valence-electron chi connectivity index (χ0n) is 15.8. The molecule has 1 atom stereocenters. The van der Waals surface area contributed by atoms with E-state index in [1.807, 2.05) is 24.3 Å². The van der Waals surface area contributed by atoms with Gasteiger partial charge in [-0.2, -0.15) is 0 Å². The Morgan fingerprint density at radius 2 is 1.83 bits per heavy atom. The van der Waals surface area contributed by atoms with Crippen LogP contribution in [0.4, 0.5) is 4.39 Å². The molecule has 30 heavy (non-hydrogen) atoms. The molecule has 0 fully saturated rings. The van der Waals surface area contributed by atoms with E-state index in [1.54, 1.807) is 11.7 Å². The predicted octanol–water partition coefficient (Wildman–Crippen LogP) is 2.79. The molecule has 2 amide bonds. The maximum atomic E-state index is 13.0. The molecule has 156 valence electrons. The smallest absolute Gasteiger partial charge is 0.251 e. The molecule has 3 N–H and O–H groups in total. The summed E-state index contributed by atoms with van der Waals surface area (Å²) in [6.45, 7) is 0.118. The van der Waals surface area contributed by atoms with Crippen LogP contribution < -0.4 is 10.8 Å². The van der Waals surface area contributed by atoms with Gasteiger partial charge in [0.05, 0.1) is 25.2 Å². The first-order chi connectivity index (χ1) is 14.4. The van der Waals surface area contributed by atoms with Crippen molar-refractivity contribution < 1.29 is 19.2 Å². The lowest BCUT2D eigenvalue weighted by molar-refractivity contribution is -0.130. The Bertz CT molecular complexity index is 1010. The third-order valence-electron chi connectivity index (χ3n) is 4.40. The minimum atomic E-state index is -0.543. The molecular formula is C20H19BrFN5O3. The summed E-state index contributed by atoms with van der Waals surface area (Å²) in [6.07, 6.45) is 2.13. The van der Waals surface area contributed by atoms with Gasteiger partial charge in [-0.1, -0.05) is 33.3 Å². The summed E-state index contributed by atoms with van der Waals surface area (Å²) in [7, 11) is 0. The minimum Gasteiger partial charge on any atom is -0.346 e. The lowest BCUT2D eigenvalue weighted by Crippen LogP contribution is -2.25. The van der Waals surface area contributed by atoms with Gasteiger partial charge in [-0.25, -0.2) is 14.6 Å². The molecule has 0 saturated heterocycles. The van der Waals surface area contributed by atoms with Gasteiger partial charge in [0.2, 0.25) is 5.91 Å². The topological polar surface area (TPSA) is 109 Å². The van der Waals surface area contributed by atoms with Crippen LogP contribution in [0.2, 0.25) is 0 Å². The Balaban J connectivity index is 1.67. The number of nitrogens with one attached hydrogen (secondary N) is 2. The summed E-state index contributed by atoms with van der Waals surface area (Å²) in [4.78, 5) is 23.9. The first-order valence-electron chi connectivity index (χ1n) is 9.06. The Labute approximate surface area is 180 Å². The maximum absolute atomic E-state index is 13.0. The van der Waals surface area contributed by atoms with Gasteiger partial charge in [0.25, 0.3) is 5.91 Å². The van der Waals surface area contributed by atoms with Crippen molar-refractivity contribution in [3.63, 3.8) is 0 Å². The van der Waals surface area contributed by atoms with Crippen molar-refractivity contribution in [2.45, 2.75) is 25.4 Å². The fraction of sp³-hybridized carbons (Fsp3) is 0.200. The van der Waals surface area contributed by atoms with Crippen molar-refractivity contribution in [3.8, 4) is 0 Å². The highest BCUT2D eigenvalue weighted by Gasteiger charge is 2.18. The average Bonchev–Trinajstić information content (AvgIpc) is 3.22. The third kappa shape index (κ3) is 5.94. The number of halogens is 2. The van der Waals surface area contributed by atoms with E-state index in [4.69, 9.17) is 5.21 Å². The monoisotopic (exact) mass is 475 g/mol. The largest absolute Gasteiger partial charge is 0.346 e. The second kappa shape index (κ2) is 10.1. The van der Waals surface area contributed by atoms with Crippen LogP contribution in [0.25, 0.3) is 0 Å². The van der Waals surface area contributed by atoms with Gasteiger partial charge in [-0.05, 0) is 48.4 Å². The normalized spacial score (nSPS) is 11.7. The summed E-state index contributed by atoms with van der Waals surface area (Å²) in [5, 5.41) is 19.7. The van der Waals surface area contributed by atoms with Gasteiger partial charge in [-0.3, -0.25) is 14.8 Å². The Morgan fingerprint density at radius 1 is 1.13 bits per heavy atom. The van der Waals surface area contributed by atoms with E-state index in [0.717, 1.165) is 10.0 Å². The molecule has 0 spiro atoms. The van der Waals surface area contributed by atoms with Crippen LogP contribution in [0.15, 0.2) is 59.2 Å². The summed E-state index contributed by atoms with van der Waals surface area (Å²) in [5.41, 5.74) is 3.45. The fourth-order valence-electron chi connectivity index (χ4n) is 2.86. The highest BCUT2D eigenvalue weighted by molar-refractivity contribution is 9.10. The maximum Gasteiger partial charge on any atom is 0.251 e. The van der Waals surface area contributed by atoms with Crippen LogP contribution in [0.1, 0.15) is 34.1 Å². The van der Waals surface area contributed by atoms with Gasteiger partial charge < -0.3 is 5.32 Å². The number of benzene rings is 2. The van der Waals surface area contributed by atoms with E-state index in [0.29, 0.717) is 17.7 Å². The molecular weight excluding hydrogens is 457 g/mol. The van der Waals surface area contributed by atoms with Crippen molar-refractivity contribution in [2.24, 2.45) is 0 Å². The van der Waals surface area contributed by atoms with E-state index < -0.39 is 11.7 Å². The van der Waals surface area contributed by atoms with Gasteiger partial charge in [0.1, 0.15) is 11.5 Å². The minimum absolute atomic E-state index is 0.00268. The second-order valence-electron chi connectivity index (χ2n) is 6.60. The summed E-state index contributed by atoms with van der Waals surface area (Å²) in [6, 6.07) is 12.5. The molecule has 3 rings (SSSR count). The molecule has 0 saturated carbocycles. The first kappa shape index (κ1) is 21.6. The standard InChI is InChI=1S/C20H19BrFN5O3/c21-15-5-1-13(2-6-15)9-18(10-19(28)25-30)27-12-17(24-26-27)11-23-20(29)14-3-7-16(22)8-4-14/h1-8,12,18,30H,9-11H2,(H,23,29)(H,25,28). The summed E-state index contributed by atoms with van der Waals surface area (Å²) in [5.74, 6) is -1.33. The lowest BCUT2D eigenvalue weighted by Gasteiger charge is -2.16. The molecule has 1 heterocycles. The lowest BCUT2D eigenvalue weighted by atomic mass is 10.0. The van der Waals surface area contributed by atoms with E-state index in [9.17, 15) is 14.0 Å². The molecule has 0 aliphatic carbocycles. The van der Waals surface area contributed by atoms with Crippen molar-refractivity contribution in [1.29, 1.82) is 0 Å². The Hall–Kier alpha value is -3.11. The Kier molecular flexibility index (Phi) is 7.26. The van der Waals surface area contributed by atoms with Crippen molar-refractivity contribution in [3.05, 3.63) is 81.8 Å². The van der Waals surface area contributed by atoms with Crippen LogP contribution in [-0.4, -0.2) is 32.0 Å². The van der Waals surface area contributed by atoms with Gasteiger partial charge >= 0.3 is 0 Å². The molecule has 1 unspecified atom stereocenters.